The van der Waals surface area contributed by atoms with Crippen molar-refractivity contribution in [3.05, 3.63) is 41.7 Å². The smallest absolute Gasteiger partial charge is 0.168 e. The van der Waals surface area contributed by atoms with Crippen LogP contribution in [-0.4, -0.2) is 34.4 Å². The van der Waals surface area contributed by atoms with Crippen molar-refractivity contribution in [2.45, 2.75) is 51.1 Å². The molecule has 2 fully saturated rings. The first-order chi connectivity index (χ1) is 13.3. The van der Waals surface area contributed by atoms with Crippen molar-refractivity contribution in [2.24, 2.45) is 11.8 Å². The van der Waals surface area contributed by atoms with Crippen molar-refractivity contribution in [1.82, 2.24) is 25.3 Å². The Morgan fingerprint density at radius 2 is 2.00 bits per heavy atom. The van der Waals surface area contributed by atoms with E-state index in [-0.39, 0.29) is 0 Å². The SMILES string of the molecule is Bc1cn(CCc2c(C3CC4CCCCC4CN3)[nH]c3ccccc23)nn1. The summed E-state index contributed by atoms with van der Waals surface area (Å²) in [5.74, 6) is 1.78. The van der Waals surface area contributed by atoms with Crippen LogP contribution in [0, 0.1) is 11.8 Å². The zero-order valence-corrected chi connectivity index (χ0v) is 16.1. The molecule has 1 aromatic carbocycles. The summed E-state index contributed by atoms with van der Waals surface area (Å²) in [6.07, 6.45) is 9.94. The quantitative estimate of drug-likeness (QED) is 0.700. The maximum Gasteiger partial charge on any atom is 0.168 e. The van der Waals surface area contributed by atoms with Gasteiger partial charge >= 0.3 is 0 Å². The summed E-state index contributed by atoms with van der Waals surface area (Å²) in [5, 5.41) is 13.6. The molecule has 2 aliphatic rings. The zero-order chi connectivity index (χ0) is 18.2. The summed E-state index contributed by atoms with van der Waals surface area (Å²) < 4.78 is 1.96. The lowest BCUT2D eigenvalue weighted by atomic mass is 9.73. The van der Waals surface area contributed by atoms with Gasteiger partial charge in [0.05, 0.1) is 0 Å². The highest BCUT2D eigenvalue weighted by molar-refractivity contribution is 6.30. The third kappa shape index (κ3) is 3.31. The van der Waals surface area contributed by atoms with Crippen LogP contribution in [0.4, 0.5) is 0 Å². The van der Waals surface area contributed by atoms with E-state index in [0.29, 0.717) is 6.04 Å². The lowest BCUT2D eigenvalue weighted by Gasteiger charge is -2.40. The summed E-state index contributed by atoms with van der Waals surface area (Å²) in [7, 11) is 1.99. The fourth-order valence-electron chi connectivity index (χ4n) is 5.28. The Morgan fingerprint density at radius 1 is 1.15 bits per heavy atom. The molecule has 1 saturated heterocycles. The molecule has 0 bridgehead atoms. The first kappa shape index (κ1) is 17.1. The number of para-hydroxylation sites is 1. The molecule has 5 nitrogen and oxygen atoms in total. The molecule has 3 aromatic rings. The molecule has 6 heteroatoms. The molecular formula is C21H28BN5. The lowest BCUT2D eigenvalue weighted by molar-refractivity contribution is 0.153. The molecule has 3 heterocycles. The van der Waals surface area contributed by atoms with Gasteiger partial charge in [-0.25, -0.2) is 0 Å². The second-order valence-electron chi connectivity index (χ2n) is 8.44. The van der Waals surface area contributed by atoms with Crippen LogP contribution in [0.25, 0.3) is 10.9 Å². The number of benzene rings is 1. The number of aryl methyl sites for hydroxylation is 2. The van der Waals surface area contributed by atoms with Gasteiger partial charge in [-0.1, -0.05) is 42.7 Å². The molecule has 3 unspecified atom stereocenters. The molecule has 0 spiro atoms. The van der Waals surface area contributed by atoms with Gasteiger partial charge in [-0.15, -0.1) is 5.10 Å². The summed E-state index contributed by atoms with van der Waals surface area (Å²) in [6, 6.07) is 9.18. The molecule has 2 aromatic heterocycles. The number of aromatic amines is 1. The van der Waals surface area contributed by atoms with E-state index in [1.54, 1.807) is 0 Å². The first-order valence-electron chi connectivity index (χ1n) is 10.5. The first-order valence-corrected chi connectivity index (χ1v) is 10.5. The highest BCUT2D eigenvalue weighted by Crippen LogP contribution is 2.41. The molecule has 2 N–H and O–H groups in total. The van der Waals surface area contributed by atoms with E-state index in [0.717, 1.165) is 30.4 Å². The maximum atomic E-state index is 4.23. The van der Waals surface area contributed by atoms with Gasteiger partial charge in [0.25, 0.3) is 0 Å². The van der Waals surface area contributed by atoms with E-state index in [9.17, 15) is 0 Å². The number of fused-ring (bicyclic) bond motifs is 2. The summed E-state index contributed by atoms with van der Waals surface area (Å²) in [6.45, 7) is 2.04. The standard InChI is InChI=1S/C21H28BN5/c22-20-13-27(26-25-20)10-9-17-16-7-3-4-8-18(16)24-21(17)19-11-14-5-1-2-6-15(14)12-23-19/h3-4,7-8,13-15,19,23-24H,1-2,5-6,9-12,22H2. The number of nitrogens with one attached hydrogen (secondary N) is 2. The van der Waals surface area contributed by atoms with Gasteiger partial charge in [0.2, 0.25) is 0 Å². The summed E-state index contributed by atoms with van der Waals surface area (Å²) in [5.41, 5.74) is 5.08. The second kappa shape index (κ2) is 7.15. The summed E-state index contributed by atoms with van der Waals surface area (Å²) in [4.78, 5) is 3.76. The minimum absolute atomic E-state index is 0.448. The van der Waals surface area contributed by atoms with Crippen LogP contribution in [0.2, 0.25) is 0 Å². The van der Waals surface area contributed by atoms with Crippen molar-refractivity contribution in [3.8, 4) is 0 Å². The number of rotatable bonds is 4. The predicted molar refractivity (Wildman–Crippen MR) is 111 cm³/mol. The normalized spacial score (nSPS) is 25.6. The fourth-order valence-corrected chi connectivity index (χ4v) is 5.28. The Bertz CT molecular complexity index is 930. The molecule has 1 saturated carbocycles. The maximum absolute atomic E-state index is 4.23. The van der Waals surface area contributed by atoms with Gasteiger partial charge in [-0.3, -0.25) is 4.68 Å². The van der Waals surface area contributed by atoms with E-state index in [1.165, 1.54) is 60.8 Å². The minimum atomic E-state index is 0.448. The number of piperidine rings is 1. The van der Waals surface area contributed by atoms with Gasteiger partial charge in [0, 0.05) is 41.0 Å². The van der Waals surface area contributed by atoms with Gasteiger partial charge < -0.3 is 10.3 Å². The van der Waals surface area contributed by atoms with E-state index < -0.39 is 0 Å². The molecule has 3 atom stereocenters. The Labute approximate surface area is 161 Å². The van der Waals surface area contributed by atoms with Crippen molar-refractivity contribution in [3.63, 3.8) is 0 Å². The zero-order valence-electron chi connectivity index (χ0n) is 16.1. The average molecular weight is 361 g/mol. The van der Waals surface area contributed by atoms with Crippen molar-refractivity contribution in [2.75, 3.05) is 6.54 Å². The predicted octanol–water partition coefficient (Wildman–Crippen LogP) is 2.10. The van der Waals surface area contributed by atoms with Crippen LogP contribution in [0.1, 0.15) is 49.4 Å². The molecule has 0 radical (unpaired) electrons. The minimum Gasteiger partial charge on any atom is -0.357 e. The highest BCUT2D eigenvalue weighted by atomic mass is 15.4. The van der Waals surface area contributed by atoms with Crippen molar-refractivity contribution >= 4 is 24.3 Å². The third-order valence-corrected chi connectivity index (χ3v) is 6.67. The number of nitrogens with zero attached hydrogens (tertiary/aromatic N) is 3. The van der Waals surface area contributed by atoms with Crippen LogP contribution in [0.15, 0.2) is 30.5 Å². The van der Waals surface area contributed by atoms with Crippen LogP contribution in [0.3, 0.4) is 0 Å². The number of hydrogen-bond acceptors (Lipinski definition) is 3. The lowest BCUT2D eigenvalue weighted by Crippen LogP contribution is -2.40. The van der Waals surface area contributed by atoms with Gasteiger partial charge in [-0.2, -0.15) is 0 Å². The van der Waals surface area contributed by atoms with E-state index in [1.807, 2.05) is 18.7 Å². The molecule has 1 aliphatic carbocycles. The molecule has 5 rings (SSSR count). The Hall–Kier alpha value is -2.08. The van der Waals surface area contributed by atoms with Gasteiger partial charge in [0.15, 0.2) is 7.85 Å². The monoisotopic (exact) mass is 361 g/mol. The topological polar surface area (TPSA) is 58.5 Å². The molecule has 140 valence electrons. The number of hydrogen-bond donors (Lipinski definition) is 2. The average Bonchev–Trinajstić information content (AvgIpc) is 3.29. The summed E-state index contributed by atoms with van der Waals surface area (Å²) >= 11 is 0. The van der Waals surface area contributed by atoms with E-state index >= 15 is 0 Å². The Kier molecular flexibility index (Phi) is 4.52. The van der Waals surface area contributed by atoms with Crippen LogP contribution < -0.4 is 10.9 Å². The molecular weight excluding hydrogens is 333 g/mol. The molecule has 0 amide bonds. The van der Waals surface area contributed by atoms with E-state index in [2.05, 4.69) is 44.9 Å². The van der Waals surface area contributed by atoms with Gasteiger partial charge in [-0.05, 0) is 49.3 Å². The fraction of sp³-hybridized carbons (Fsp3) is 0.524. The molecule has 1 aliphatic heterocycles. The molecule has 27 heavy (non-hydrogen) atoms. The van der Waals surface area contributed by atoms with Crippen LogP contribution in [0.5, 0.6) is 0 Å². The number of aromatic nitrogens is 4. The Morgan fingerprint density at radius 3 is 2.85 bits per heavy atom. The van der Waals surface area contributed by atoms with Crippen LogP contribution >= 0.6 is 0 Å². The van der Waals surface area contributed by atoms with Gasteiger partial charge in [0.1, 0.15) is 0 Å². The van der Waals surface area contributed by atoms with Crippen molar-refractivity contribution in [1.29, 1.82) is 0 Å². The number of H-pyrrole nitrogens is 1. The third-order valence-electron chi connectivity index (χ3n) is 6.67. The van der Waals surface area contributed by atoms with Crippen LogP contribution in [-0.2, 0) is 13.0 Å². The van der Waals surface area contributed by atoms with E-state index in [4.69, 9.17) is 0 Å². The largest absolute Gasteiger partial charge is 0.357 e. The highest BCUT2D eigenvalue weighted by Gasteiger charge is 2.34. The van der Waals surface area contributed by atoms with Crippen molar-refractivity contribution < 1.29 is 0 Å². The second-order valence-corrected chi connectivity index (χ2v) is 8.44. The Balaban J connectivity index is 1.44.